The molecule has 0 aliphatic carbocycles. The fourth-order valence-electron chi connectivity index (χ4n) is 1.60. The topological polar surface area (TPSA) is 44.9 Å². The van der Waals surface area contributed by atoms with Crippen LogP contribution in [0, 0.1) is 0 Å². The first-order valence-electron chi connectivity index (χ1n) is 5.23. The molecule has 0 amide bonds. The van der Waals surface area contributed by atoms with Crippen LogP contribution in [0.1, 0.15) is 5.56 Å². The molecule has 0 aliphatic rings. The highest BCUT2D eigenvalue weighted by molar-refractivity contribution is 5.83. The van der Waals surface area contributed by atoms with Gasteiger partial charge in [-0.25, -0.2) is 0 Å². The van der Waals surface area contributed by atoms with Crippen molar-refractivity contribution in [1.82, 2.24) is 10.3 Å². The van der Waals surface area contributed by atoms with Gasteiger partial charge in [0.2, 0.25) is 5.56 Å². The summed E-state index contributed by atoms with van der Waals surface area (Å²) in [5, 5.41) is 5.06. The molecule has 0 bridgehead atoms. The van der Waals surface area contributed by atoms with Crippen LogP contribution in [0.25, 0.3) is 16.8 Å². The molecule has 0 radical (unpaired) electrons. The minimum atomic E-state index is -0.0659. The molecule has 1 aromatic carbocycles. The number of benzene rings is 1. The van der Waals surface area contributed by atoms with Crippen molar-refractivity contribution in [3.8, 4) is 0 Å². The lowest BCUT2D eigenvalue weighted by atomic mass is 10.1. The van der Waals surface area contributed by atoms with E-state index >= 15 is 0 Å². The van der Waals surface area contributed by atoms with E-state index in [9.17, 15) is 4.79 Å². The fourth-order valence-corrected chi connectivity index (χ4v) is 1.60. The Bertz CT molecular complexity index is 569. The van der Waals surface area contributed by atoms with Gasteiger partial charge in [0.05, 0.1) is 0 Å². The average molecular weight is 214 g/mol. The molecule has 0 fully saturated rings. The number of rotatable bonds is 3. The lowest BCUT2D eigenvalue weighted by Gasteiger charge is -1.98. The molecule has 0 atom stereocenters. The largest absolute Gasteiger partial charge is 0.328 e. The summed E-state index contributed by atoms with van der Waals surface area (Å²) >= 11 is 0. The first kappa shape index (κ1) is 10.6. The maximum Gasteiger partial charge on any atom is 0.248 e. The monoisotopic (exact) mass is 214 g/mol. The SMILES string of the molecule is CNCC=Cc1ccc2c[nH]c(=O)cc2c1. The van der Waals surface area contributed by atoms with Gasteiger partial charge in [-0.15, -0.1) is 0 Å². The number of aromatic nitrogens is 1. The van der Waals surface area contributed by atoms with E-state index in [4.69, 9.17) is 0 Å². The second-order valence-corrected chi connectivity index (χ2v) is 3.65. The van der Waals surface area contributed by atoms with Crippen molar-refractivity contribution < 1.29 is 0 Å². The highest BCUT2D eigenvalue weighted by Crippen LogP contribution is 2.13. The molecule has 82 valence electrons. The Labute approximate surface area is 93.8 Å². The molecule has 1 aromatic heterocycles. The predicted molar refractivity (Wildman–Crippen MR) is 67.5 cm³/mol. The van der Waals surface area contributed by atoms with Gasteiger partial charge in [0.15, 0.2) is 0 Å². The first-order chi connectivity index (χ1) is 7.79. The van der Waals surface area contributed by atoms with Crippen molar-refractivity contribution in [3.05, 3.63) is 52.5 Å². The molecule has 1 heterocycles. The van der Waals surface area contributed by atoms with Crippen molar-refractivity contribution in [2.45, 2.75) is 0 Å². The summed E-state index contributed by atoms with van der Waals surface area (Å²) in [4.78, 5) is 13.8. The van der Waals surface area contributed by atoms with E-state index in [0.29, 0.717) is 0 Å². The van der Waals surface area contributed by atoms with E-state index in [0.717, 1.165) is 22.9 Å². The third-order valence-electron chi connectivity index (χ3n) is 2.40. The number of pyridine rings is 1. The smallest absolute Gasteiger partial charge is 0.248 e. The van der Waals surface area contributed by atoms with Gasteiger partial charge in [0.25, 0.3) is 0 Å². The van der Waals surface area contributed by atoms with Crippen molar-refractivity contribution in [1.29, 1.82) is 0 Å². The van der Waals surface area contributed by atoms with Gasteiger partial charge in [-0.2, -0.15) is 0 Å². The van der Waals surface area contributed by atoms with E-state index in [1.165, 1.54) is 0 Å². The summed E-state index contributed by atoms with van der Waals surface area (Å²) in [5.41, 5.74) is 1.04. The first-order valence-corrected chi connectivity index (χ1v) is 5.23. The molecule has 16 heavy (non-hydrogen) atoms. The summed E-state index contributed by atoms with van der Waals surface area (Å²) in [6.45, 7) is 0.841. The molecule has 3 heteroatoms. The predicted octanol–water partition coefficient (Wildman–Crippen LogP) is 1.76. The number of hydrogen-bond donors (Lipinski definition) is 2. The molecule has 2 rings (SSSR count). The molecule has 0 saturated carbocycles. The van der Waals surface area contributed by atoms with Gasteiger partial charge < -0.3 is 10.3 Å². The highest BCUT2D eigenvalue weighted by atomic mass is 16.1. The van der Waals surface area contributed by atoms with E-state index in [2.05, 4.69) is 10.3 Å². The quantitative estimate of drug-likeness (QED) is 0.817. The van der Waals surface area contributed by atoms with E-state index < -0.39 is 0 Å². The third kappa shape index (κ3) is 2.38. The summed E-state index contributed by atoms with van der Waals surface area (Å²) in [6.07, 6.45) is 5.82. The highest BCUT2D eigenvalue weighted by Gasteiger charge is 1.94. The number of hydrogen-bond acceptors (Lipinski definition) is 2. The molecule has 0 spiro atoms. The zero-order chi connectivity index (χ0) is 11.4. The van der Waals surface area contributed by atoms with Crippen LogP contribution in [0.3, 0.4) is 0 Å². The number of aromatic amines is 1. The maximum absolute atomic E-state index is 11.2. The van der Waals surface area contributed by atoms with Crippen molar-refractivity contribution in [2.75, 3.05) is 13.6 Å². The van der Waals surface area contributed by atoms with Crippen molar-refractivity contribution in [2.24, 2.45) is 0 Å². The maximum atomic E-state index is 11.2. The number of nitrogens with one attached hydrogen (secondary N) is 2. The molecule has 0 saturated heterocycles. The molecular weight excluding hydrogens is 200 g/mol. The van der Waals surface area contributed by atoms with E-state index in [-0.39, 0.29) is 5.56 Å². The van der Waals surface area contributed by atoms with Gasteiger partial charge in [-0.05, 0) is 29.4 Å². The Balaban J connectivity index is 2.39. The zero-order valence-electron chi connectivity index (χ0n) is 9.16. The Kier molecular flexibility index (Phi) is 3.17. The van der Waals surface area contributed by atoms with Crippen LogP contribution in [-0.2, 0) is 0 Å². The minimum Gasteiger partial charge on any atom is -0.328 e. The molecule has 2 aromatic rings. The van der Waals surface area contributed by atoms with Crippen LogP contribution >= 0.6 is 0 Å². The van der Waals surface area contributed by atoms with E-state index in [1.807, 2.05) is 37.4 Å². The van der Waals surface area contributed by atoms with Crippen LogP contribution < -0.4 is 10.9 Å². The number of likely N-dealkylation sites (N-methyl/N-ethyl adjacent to an activating group) is 1. The Morgan fingerprint density at radius 2 is 2.19 bits per heavy atom. The second-order valence-electron chi connectivity index (χ2n) is 3.65. The van der Waals surface area contributed by atoms with Crippen LogP contribution in [-0.4, -0.2) is 18.6 Å². The molecule has 0 unspecified atom stereocenters. The molecule has 3 nitrogen and oxygen atoms in total. The van der Waals surface area contributed by atoms with Gasteiger partial charge in [-0.3, -0.25) is 4.79 Å². The Morgan fingerprint density at radius 3 is 3.00 bits per heavy atom. The number of H-pyrrole nitrogens is 1. The van der Waals surface area contributed by atoms with Crippen LogP contribution in [0.4, 0.5) is 0 Å². The Morgan fingerprint density at radius 1 is 1.31 bits per heavy atom. The van der Waals surface area contributed by atoms with Crippen LogP contribution in [0.5, 0.6) is 0 Å². The molecular formula is C13H14N2O. The average Bonchev–Trinajstić information content (AvgIpc) is 2.29. The molecule has 0 aliphatic heterocycles. The fraction of sp³-hybridized carbons (Fsp3) is 0.154. The summed E-state index contributed by atoms with van der Waals surface area (Å²) in [5.74, 6) is 0. The number of fused-ring (bicyclic) bond motifs is 1. The standard InChI is InChI=1S/C13H14N2O/c1-14-6-2-3-10-4-5-11-9-15-13(16)8-12(11)7-10/h2-5,7-9,14H,6H2,1H3,(H,15,16). The third-order valence-corrected chi connectivity index (χ3v) is 2.40. The van der Waals surface area contributed by atoms with Gasteiger partial charge in [0.1, 0.15) is 0 Å². The van der Waals surface area contributed by atoms with Crippen LogP contribution in [0.15, 0.2) is 41.3 Å². The lowest BCUT2D eigenvalue weighted by Crippen LogP contribution is -2.03. The summed E-state index contributed by atoms with van der Waals surface area (Å²) in [6, 6.07) is 7.67. The second kappa shape index (κ2) is 4.77. The van der Waals surface area contributed by atoms with Gasteiger partial charge >= 0.3 is 0 Å². The van der Waals surface area contributed by atoms with Crippen LogP contribution in [0.2, 0.25) is 0 Å². The van der Waals surface area contributed by atoms with Gasteiger partial charge in [0, 0.05) is 18.8 Å². The summed E-state index contributed by atoms with van der Waals surface area (Å²) in [7, 11) is 1.91. The van der Waals surface area contributed by atoms with Crippen molar-refractivity contribution >= 4 is 16.8 Å². The lowest BCUT2D eigenvalue weighted by molar-refractivity contribution is 0.922. The van der Waals surface area contributed by atoms with Crippen molar-refractivity contribution in [3.63, 3.8) is 0 Å². The summed E-state index contributed by atoms with van der Waals surface area (Å²) < 4.78 is 0. The minimum absolute atomic E-state index is 0.0659. The molecule has 2 N–H and O–H groups in total. The zero-order valence-corrected chi connectivity index (χ0v) is 9.16. The van der Waals surface area contributed by atoms with Gasteiger partial charge in [-0.1, -0.05) is 24.3 Å². The normalized spacial score (nSPS) is 11.3. The van der Waals surface area contributed by atoms with E-state index in [1.54, 1.807) is 12.3 Å². The Hall–Kier alpha value is -1.87.